The number of aromatic nitrogens is 3. The average molecular weight is 798 g/mol. The topological polar surface area (TPSA) is 65.0 Å². The van der Waals surface area contributed by atoms with Gasteiger partial charge in [0.25, 0.3) is 0 Å². The molecular formula is C57H33N3O2. The van der Waals surface area contributed by atoms with Crippen LogP contribution in [0.15, 0.2) is 209 Å². The van der Waals surface area contributed by atoms with Crippen LogP contribution in [0.3, 0.4) is 0 Å². The van der Waals surface area contributed by atoms with Crippen molar-refractivity contribution in [1.29, 1.82) is 0 Å². The Bertz CT molecular complexity index is 4300. The van der Waals surface area contributed by atoms with Gasteiger partial charge >= 0.3 is 0 Å². The normalized spacial score (nSPS) is 13.2. The van der Waals surface area contributed by atoms with E-state index in [1.54, 1.807) is 6.07 Å². The maximum atomic E-state index is 9.79. The van der Waals surface area contributed by atoms with Crippen LogP contribution in [0.25, 0.3) is 133 Å². The Hall–Kier alpha value is -8.41. The molecule has 0 amide bonds. The predicted octanol–water partition coefficient (Wildman–Crippen LogP) is 15.5. The largest absolute Gasteiger partial charge is 0.456 e. The van der Waals surface area contributed by atoms with E-state index in [0.29, 0.717) is 39.5 Å². The lowest BCUT2D eigenvalue weighted by atomic mass is 9.96. The van der Waals surface area contributed by atoms with E-state index in [0.717, 1.165) is 54.2 Å². The molecule has 0 saturated carbocycles. The third-order valence-corrected chi connectivity index (χ3v) is 11.8. The van der Waals surface area contributed by atoms with E-state index in [4.69, 9.17) is 26.5 Å². The first-order chi connectivity index (χ1) is 33.2. The predicted molar refractivity (Wildman–Crippen MR) is 254 cm³/mol. The highest BCUT2D eigenvalue weighted by atomic mass is 16.3. The van der Waals surface area contributed by atoms with Gasteiger partial charge in [-0.3, -0.25) is 0 Å². The van der Waals surface area contributed by atoms with E-state index in [9.17, 15) is 5.48 Å². The number of furan rings is 2. The van der Waals surface area contributed by atoms with E-state index < -0.39 is 0 Å². The fourth-order valence-electron chi connectivity index (χ4n) is 8.88. The summed E-state index contributed by atoms with van der Waals surface area (Å²) in [5.74, 6) is 0.595. The molecule has 0 bridgehead atoms. The van der Waals surface area contributed by atoms with E-state index in [1.165, 1.54) is 0 Å². The van der Waals surface area contributed by atoms with Gasteiger partial charge in [-0.2, -0.15) is 0 Å². The number of fused-ring (bicyclic) bond motifs is 11. The van der Waals surface area contributed by atoms with Gasteiger partial charge in [0.2, 0.25) is 0 Å². The number of hydrogen-bond donors (Lipinski definition) is 0. The van der Waals surface area contributed by atoms with Crippen LogP contribution in [0.5, 0.6) is 0 Å². The van der Waals surface area contributed by atoms with Crippen LogP contribution in [-0.2, 0) is 0 Å². The molecule has 13 aromatic rings. The Morgan fingerprint density at radius 2 is 1.02 bits per heavy atom. The highest BCUT2D eigenvalue weighted by molar-refractivity contribution is 6.19. The zero-order valence-electron chi connectivity index (χ0n) is 38.7. The molecule has 0 N–H and O–H groups in total. The SMILES string of the molecule is [2H]c1c([2H])c(-c2cccc3c2oc2ccccc23)c2c(oc3c([2H])c(-c4nc(-c5cccc(-c6ccccc6)c5)nc(-c5ccc6ccc7c8ccccc8ccc7c6c5)n4)c([2H])c([2H])c32)c1[2H]. The van der Waals surface area contributed by atoms with E-state index in [-0.39, 0.29) is 75.1 Å². The maximum absolute atomic E-state index is 9.79. The molecule has 0 radical (unpaired) electrons. The van der Waals surface area contributed by atoms with Crippen LogP contribution in [0.1, 0.15) is 8.22 Å². The summed E-state index contributed by atoms with van der Waals surface area (Å²) in [5, 5.41) is 8.43. The summed E-state index contributed by atoms with van der Waals surface area (Å²) in [6.45, 7) is 0. The lowest BCUT2D eigenvalue weighted by Crippen LogP contribution is -2.00. The zero-order valence-corrected chi connectivity index (χ0v) is 32.7. The molecule has 288 valence electrons. The van der Waals surface area contributed by atoms with Gasteiger partial charge in [-0.1, -0.05) is 164 Å². The van der Waals surface area contributed by atoms with Crippen molar-refractivity contribution in [1.82, 2.24) is 15.0 Å². The highest BCUT2D eigenvalue weighted by Crippen LogP contribution is 2.43. The summed E-state index contributed by atoms with van der Waals surface area (Å²) >= 11 is 0. The van der Waals surface area contributed by atoms with Crippen LogP contribution >= 0.6 is 0 Å². The fourth-order valence-corrected chi connectivity index (χ4v) is 8.88. The van der Waals surface area contributed by atoms with Crippen molar-refractivity contribution >= 4 is 76.2 Å². The van der Waals surface area contributed by atoms with Crippen LogP contribution < -0.4 is 0 Å². The minimum Gasteiger partial charge on any atom is -0.456 e. The monoisotopic (exact) mass is 797 g/mol. The van der Waals surface area contributed by atoms with Crippen LogP contribution in [0.4, 0.5) is 0 Å². The van der Waals surface area contributed by atoms with Crippen LogP contribution in [0.2, 0.25) is 0 Å². The molecule has 3 heterocycles. The molecule has 5 heteroatoms. The Morgan fingerprint density at radius 3 is 1.89 bits per heavy atom. The molecule has 0 saturated heterocycles. The number of benzene rings is 10. The molecular weight excluding hydrogens is 759 g/mol. The molecule has 10 aromatic carbocycles. The summed E-state index contributed by atoms with van der Waals surface area (Å²) in [6.07, 6.45) is 0. The van der Waals surface area contributed by atoms with Crippen LogP contribution in [0, 0.1) is 0 Å². The van der Waals surface area contributed by atoms with Gasteiger partial charge < -0.3 is 8.83 Å². The quantitative estimate of drug-likeness (QED) is 0.162. The van der Waals surface area contributed by atoms with Gasteiger partial charge in [0.1, 0.15) is 22.3 Å². The molecule has 0 fully saturated rings. The molecule has 0 unspecified atom stereocenters. The molecule has 62 heavy (non-hydrogen) atoms. The van der Waals surface area contributed by atoms with E-state index in [1.807, 2.05) is 115 Å². The summed E-state index contributed by atoms with van der Waals surface area (Å²) in [5.41, 5.74) is 4.86. The Morgan fingerprint density at radius 1 is 0.355 bits per heavy atom. The van der Waals surface area contributed by atoms with E-state index in [2.05, 4.69) is 42.5 Å². The summed E-state index contributed by atoms with van der Waals surface area (Å²) in [4.78, 5) is 15.1. The standard InChI is InChI=1S/C57H33N3O2/c1-2-11-34(12-3-1)37-14-8-15-38(31-37)55-58-56(39-24-23-36-26-28-42-41-16-5-4-13-35(41)25-29-43(42)49(36)32-39)60-57(59-55)40-27-30-48-52(33-40)61-51-22-10-18-45(53(48)51)47-20-9-19-46-44-17-6-7-21-50(44)62-54(46)47/h1-33H/i10D,18D,22D,27D,30D,33D. The van der Waals surface area contributed by atoms with Crippen molar-refractivity contribution in [3.8, 4) is 56.4 Å². The third kappa shape index (κ3) is 5.45. The van der Waals surface area contributed by atoms with Crippen molar-refractivity contribution in [2.45, 2.75) is 0 Å². The Kier molecular flexibility index (Phi) is 6.33. The second-order valence-electron chi connectivity index (χ2n) is 15.4. The Labute approximate surface area is 363 Å². The van der Waals surface area contributed by atoms with Crippen LogP contribution in [-0.4, -0.2) is 15.0 Å². The van der Waals surface area contributed by atoms with E-state index >= 15 is 0 Å². The van der Waals surface area contributed by atoms with Gasteiger partial charge in [0, 0.05) is 43.8 Å². The highest BCUT2D eigenvalue weighted by Gasteiger charge is 2.20. The molecule has 5 nitrogen and oxygen atoms in total. The second kappa shape index (κ2) is 13.6. The molecule has 0 aliphatic rings. The van der Waals surface area contributed by atoms with Crippen molar-refractivity contribution in [2.75, 3.05) is 0 Å². The van der Waals surface area contributed by atoms with Gasteiger partial charge in [-0.15, -0.1) is 0 Å². The van der Waals surface area contributed by atoms with Crippen molar-refractivity contribution < 1.29 is 17.1 Å². The molecule has 0 aliphatic carbocycles. The Balaban J connectivity index is 1.06. The fraction of sp³-hybridized carbons (Fsp3) is 0. The van der Waals surface area contributed by atoms with Gasteiger partial charge in [0.15, 0.2) is 17.5 Å². The van der Waals surface area contributed by atoms with Crippen molar-refractivity contribution in [2.24, 2.45) is 0 Å². The minimum atomic E-state index is -0.384. The lowest BCUT2D eigenvalue weighted by Gasteiger charge is -2.11. The number of para-hydroxylation sites is 2. The van der Waals surface area contributed by atoms with Crippen molar-refractivity contribution in [3.05, 3.63) is 200 Å². The van der Waals surface area contributed by atoms with Gasteiger partial charge in [-0.05, 0) is 85.3 Å². The summed E-state index contributed by atoms with van der Waals surface area (Å²) in [7, 11) is 0. The first-order valence-electron chi connectivity index (χ1n) is 23.3. The molecule has 0 atom stereocenters. The lowest BCUT2D eigenvalue weighted by molar-refractivity contribution is 0.669. The summed E-state index contributed by atoms with van der Waals surface area (Å²) in [6, 6.07) is 51.9. The second-order valence-corrected chi connectivity index (χ2v) is 15.4. The maximum Gasteiger partial charge on any atom is 0.164 e. The first kappa shape index (κ1) is 28.9. The number of hydrogen-bond acceptors (Lipinski definition) is 5. The summed E-state index contributed by atoms with van der Waals surface area (Å²) < 4.78 is 69.1. The first-order valence-corrected chi connectivity index (χ1v) is 20.3. The average Bonchev–Trinajstić information content (AvgIpc) is 3.98. The number of nitrogens with zero attached hydrogens (tertiary/aromatic N) is 3. The van der Waals surface area contributed by atoms with Crippen molar-refractivity contribution in [3.63, 3.8) is 0 Å². The molecule has 0 aliphatic heterocycles. The molecule has 13 rings (SSSR count). The van der Waals surface area contributed by atoms with Gasteiger partial charge in [0.05, 0.1) is 8.22 Å². The zero-order chi connectivity index (χ0) is 45.9. The smallest absolute Gasteiger partial charge is 0.164 e. The van der Waals surface area contributed by atoms with Gasteiger partial charge in [-0.25, -0.2) is 15.0 Å². The number of rotatable bonds is 5. The molecule has 3 aromatic heterocycles. The minimum absolute atomic E-state index is 0.00861. The third-order valence-electron chi connectivity index (χ3n) is 11.8. The molecule has 0 spiro atoms.